The van der Waals surface area contributed by atoms with Crippen molar-refractivity contribution in [3.63, 3.8) is 0 Å². The van der Waals surface area contributed by atoms with Crippen LogP contribution in [0, 0.1) is 6.92 Å². The van der Waals surface area contributed by atoms with Crippen LogP contribution in [0.5, 0.6) is 0 Å². The van der Waals surface area contributed by atoms with Crippen LogP contribution in [-0.4, -0.2) is 61.5 Å². The fourth-order valence-corrected chi connectivity index (χ4v) is 2.69. The molecule has 7 heteroatoms. The van der Waals surface area contributed by atoms with E-state index in [-0.39, 0.29) is 6.54 Å². The molecule has 2 aliphatic heterocycles. The van der Waals surface area contributed by atoms with Gasteiger partial charge in [0.2, 0.25) is 0 Å². The van der Waals surface area contributed by atoms with Crippen LogP contribution in [0.4, 0.5) is 20.4 Å². The Morgan fingerprint density at radius 3 is 2.43 bits per heavy atom. The van der Waals surface area contributed by atoms with E-state index in [4.69, 9.17) is 4.74 Å². The van der Waals surface area contributed by atoms with Crippen LogP contribution in [0.1, 0.15) is 5.56 Å². The Labute approximate surface area is 122 Å². The molecule has 0 saturated carbocycles. The lowest BCUT2D eigenvalue weighted by atomic mass is 10.2. The second-order valence-electron chi connectivity index (χ2n) is 5.62. The summed E-state index contributed by atoms with van der Waals surface area (Å²) in [5.41, 5.74) is 0.964. The number of ether oxygens (including phenoxy) is 1. The Bertz CT molecular complexity index is 521. The molecule has 0 bridgehead atoms. The molecule has 3 heterocycles. The van der Waals surface area contributed by atoms with Crippen molar-refractivity contribution in [2.24, 2.45) is 0 Å². The van der Waals surface area contributed by atoms with Gasteiger partial charge in [-0.15, -0.1) is 0 Å². The number of anilines is 2. The fourth-order valence-electron chi connectivity index (χ4n) is 2.69. The number of rotatable bonds is 2. The van der Waals surface area contributed by atoms with Gasteiger partial charge < -0.3 is 19.6 Å². The Hall–Kier alpha value is -1.47. The SMILES string of the molecule is Cc1cc(N2CCOCC2)nc(N2CC(O)C(F)(F)C2)c1. The number of hydrogen-bond acceptors (Lipinski definition) is 5. The minimum atomic E-state index is -3.08. The highest BCUT2D eigenvalue weighted by molar-refractivity contribution is 5.53. The zero-order chi connectivity index (χ0) is 15.0. The van der Waals surface area contributed by atoms with Gasteiger partial charge in [0.1, 0.15) is 17.7 Å². The Morgan fingerprint density at radius 1 is 1.24 bits per heavy atom. The van der Waals surface area contributed by atoms with Gasteiger partial charge in [0.15, 0.2) is 0 Å². The summed E-state index contributed by atoms with van der Waals surface area (Å²) in [6.45, 7) is 4.11. The molecule has 3 rings (SSSR count). The minimum Gasteiger partial charge on any atom is -0.385 e. The van der Waals surface area contributed by atoms with Crippen LogP contribution in [0.2, 0.25) is 0 Å². The topological polar surface area (TPSA) is 48.8 Å². The van der Waals surface area contributed by atoms with E-state index in [1.165, 1.54) is 4.90 Å². The molecule has 2 saturated heterocycles. The van der Waals surface area contributed by atoms with Gasteiger partial charge in [-0.3, -0.25) is 0 Å². The third kappa shape index (κ3) is 2.94. The predicted octanol–water partition coefficient (Wildman–Crippen LogP) is 1.04. The number of morpholine rings is 1. The van der Waals surface area contributed by atoms with Gasteiger partial charge in [-0.1, -0.05) is 0 Å². The van der Waals surface area contributed by atoms with Crippen molar-refractivity contribution in [2.45, 2.75) is 19.0 Å². The normalized spacial score (nSPS) is 25.4. The second-order valence-corrected chi connectivity index (χ2v) is 5.62. The first-order valence-corrected chi connectivity index (χ1v) is 7.08. The molecule has 1 N–H and O–H groups in total. The molecule has 1 unspecified atom stereocenters. The second kappa shape index (κ2) is 5.38. The van der Waals surface area contributed by atoms with Crippen LogP contribution in [0.3, 0.4) is 0 Å². The zero-order valence-corrected chi connectivity index (χ0v) is 11.9. The molecule has 1 aromatic heterocycles. The van der Waals surface area contributed by atoms with Gasteiger partial charge in [0.05, 0.1) is 26.3 Å². The Kier molecular flexibility index (Phi) is 3.71. The summed E-state index contributed by atoms with van der Waals surface area (Å²) in [6.07, 6.45) is -1.63. The fraction of sp³-hybridized carbons (Fsp3) is 0.643. The summed E-state index contributed by atoms with van der Waals surface area (Å²) in [6, 6.07) is 3.72. The van der Waals surface area contributed by atoms with E-state index < -0.39 is 18.6 Å². The number of β-amino-alcohol motifs (C(OH)–C–C–N with tert-alkyl or cyclic N) is 1. The van der Waals surface area contributed by atoms with E-state index in [1.54, 1.807) is 6.07 Å². The molecule has 0 aromatic carbocycles. The van der Waals surface area contributed by atoms with Crippen molar-refractivity contribution >= 4 is 11.6 Å². The van der Waals surface area contributed by atoms with Crippen molar-refractivity contribution in [3.05, 3.63) is 17.7 Å². The molecule has 5 nitrogen and oxygen atoms in total. The largest absolute Gasteiger partial charge is 0.385 e. The highest BCUT2D eigenvalue weighted by Gasteiger charge is 2.47. The number of aliphatic hydroxyl groups is 1. The lowest BCUT2D eigenvalue weighted by molar-refractivity contribution is -0.0712. The summed E-state index contributed by atoms with van der Waals surface area (Å²) in [4.78, 5) is 8.03. The van der Waals surface area contributed by atoms with Crippen molar-refractivity contribution in [1.82, 2.24) is 4.98 Å². The molecule has 116 valence electrons. The van der Waals surface area contributed by atoms with Gasteiger partial charge in [0, 0.05) is 13.1 Å². The van der Waals surface area contributed by atoms with Gasteiger partial charge in [-0.25, -0.2) is 13.8 Å². The number of nitrogens with zero attached hydrogens (tertiary/aromatic N) is 3. The van der Waals surface area contributed by atoms with Crippen molar-refractivity contribution < 1.29 is 18.6 Å². The smallest absolute Gasteiger partial charge is 0.292 e. The van der Waals surface area contributed by atoms with Gasteiger partial charge in [-0.05, 0) is 24.6 Å². The van der Waals surface area contributed by atoms with E-state index in [0.29, 0.717) is 19.0 Å². The maximum atomic E-state index is 13.5. The summed E-state index contributed by atoms with van der Waals surface area (Å²) in [5.74, 6) is -1.81. The third-order valence-electron chi connectivity index (χ3n) is 3.88. The molecule has 21 heavy (non-hydrogen) atoms. The van der Waals surface area contributed by atoms with Crippen molar-refractivity contribution in [3.8, 4) is 0 Å². The molecule has 0 spiro atoms. The first kappa shape index (κ1) is 14.5. The van der Waals surface area contributed by atoms with Crippen LogP contribution in [0.25, 0.3) is 0 Å². The van der Waals surface area contributed by atoms with Crippen LogP contribution in [-0.2, 0) is 4.74 Å². The zero-order valence-electron chi connectivity index (χ0n) is 11.9. The maximum Gasteiger partial charge on any atom is 0.292 e. The number of alkyl halides is 2. The quantitative estimate of drug-likeness (QED) is 0.884. The number of hydrogen-bond donors (Lipinski definition) is 1. The number of halogens is 2. The number of pyridine rings is 1. The van der Waals surface area contributed by atoms with Gasteiger partial charge in [0.25, 0.3) is 5.92 Å². The summed E-state index contributed by atoms with van der Waals surface area (Å²) < 4.78 is 32.3. The van der Waals surface area contributed by atoms with Gasteiger partial charge in [-0.2, -0.15) is 0 Å². The lowest BCUT2D eigenvalue weighted by Gasteiger charge is -2.29. The molecule has 0 radical (unpaired) electrons. The summed E-state index contributed by atoms with van der Waals surface area (Å²) in [5, 5.41) is 9.43. The first-order valence-electron chi connectivity index (χ1n) is 7.08. The van der Waals surface area contributed by atoms with Crippen LogP contribution in [0.15, 0.2) is 12.1 Å². The van der Waals surface area contributed by atoms with E-state index in [1.807, 2.05) is 13.0 Å². The van der Waals surface area contributed by atoms with Crippen LogP contribution >= 0.6 is 0 Å². The van der Waals surface area contributed by atoms with E-state index in [9.17, 15) is 13.9 Å². The van der Waals surface area contributed by atoms with Gasteiger partial charge >= 0.3 is 0 Å². The van der Waals surface area contributed by atoms with E-state index in [2.05, 4.69) is 9.88 Å². The number of aromatic nitrogens is 1. The molecule has 1 aromatic rings. The third-order valence-corrected chi connectivity index (χ3v) is 3.88. The molecular formula is C14H19F2N3O2. The van der Waals surface area contributed by atoms with Crippen molar-refractivity contribution in [1.29, 1.82) is 0 Å². The monoisotopic (exact) mass is 299 g/mol. The highest BCUT2D eigenvalue weighted by Crippen LogP contribution is 2.31. The molecule has 0 amide bonds. The number of aryl methyl sites for hydroxylation is 1. The standard InChI is InChI=1S/C14H19F2N3O2/c1-10-6-12(18-2-4-21-5-3-18)17-13(7-10)19-8-11(20)14(15,16)9-19/h6-7,11,20H,2-5,8-9H2,1H3. The number of aliphatic hydroxyl groups excluding tert-OH is 1. The minimum absolute atomic E-state index is 0.0913. The van der Waals surface area contributed by atoms with E-state index >= 15 is 0 Å². The first-order chi connectivity index (χ1) is 9.95. The molecule has 1 atom stereocenters. The molecule has 0 aliphatic carbocycles. The lowest BCUT2D eigenvalue weighted by Crippen LogP contribution is -2.37. The predicted molar refractivity (Wildman–Crippen MR) is 75.2 cm³/mol. The summed E-state index contributed by atoms with van der Waals surface area (Å²) >= 11 is 0. The van der Waals surface area contributed by atoms with E-state index in [0.717, 1.165) is 24.5 Å². The van der Waals surface area contributed by atoms with Crippen molar-refractivity contribution in [2.75, 3.05) is 49.2 Å². The maximum absolute atomic E-state index is 13.5. The molecule has 2 aliphatic rings. The molecular weight excluding hydrogens is 280 g/mol. The highest BCUT2D eigenvalue weighted by atomic mass is 19.3. The molecule has 2 fully saturated rings. The summed E-state index contributed by atoms with van der Waals surface area (Å²) in [7, 11) is 0. The average Bonchev–Trinajstić information content (AvgIpc) is 2.73. The Balaban J connectivity index is 1.84. The Morgan fingerprint density at radius 2 is 1.86 bits per heavy atom. The average molecular weight is 299 g/mol. The van der Waals surface area contributed by atoms with Crippen LogP contribution < -0.4 is 9.80 Å².